The van der Waals surface area contributed by atoms with Gasteiger partial charge >= 0.3 is 0 Å². The van der Waals surface area contributed by atoms with Crippen molar-refractivity contribution in [3.8, 4) is 5.75 Å². The third kappa shape index (κ3) is 6.30. The largest absolute Gasteiger partial charge is 0.482 e. The Bertz CT molecular complexity index is 1530. The molecule has 0 saturated heterocycles. The lowest BCUT2D eigenvalue weighted by molar-refractivity contribution is -0.118. The molecule has 11 nitrogen and oxygen atoms in total. The number of fused-ring (bicyclic) bond motifs is 1. The van der Waals surface area contributed by atoms with Gasteiger partial charge < -0.3 is 25.6 Å². The molecule has 4 rings (SSSR count). The van der Waals surface area contributed by atoms with Gasteiger partial charge in [-0.15, -0.1) is 0 Å². The first-order valence-corrected chi connectivity index (χ1v) is 11.8. The van der Waals surface area contributed by atoms with E-state index in [1.807, 2.05) is 13.8 Å². The number of ether oxygens (including phenoxy) is 1. The average Bonchev–Trinajstić information content (AvgIpc) is 2.97. The maximum atomic E-state index is 12.9. The van der Waals surface area contributed by atoms with E-state index < -0.39 is 30.7 Å². The van der Waals surface area contributed by atoms with Crippen molar-refractivity contribution in [1.82, 2.24) is 25.5 Å². The molecule has 0 unspecified atom stereocenters. The van der Waals surface area contributed by atoms with E-state index in [1.54, 1.807) is 4.90 Å². The molecule has 0 spiro atoms. The number of rotatable bonds is 9. The number of anilines is 1. The van der Waals surface area contributed by atoms with Crippen LogP contribution in [0, 0.1) is 0 Å². The summed E-state index contributed by atoms with van der Waals surface area (Å²) in [7, 11) is 0. The summed E-state index contributed by atoms with van der Waals surface area (Å²) in [5.41, 5.74) is 0.0610. The quantitative estimate of drug-likeness (QED) is 0.392. The van der Waals surface area contributed by atoms with Gasteiger partial charge in [0.15, 0.2) is 6.61 Å². The first-order chi connectivity index (χ1) is 19.8. The molecule has 0 atom stereocenters. The number of hydrogen-bond donors (Lipinski definition) is 3. The molecule has 3 N–H and O–H groups in total. The van der Waals surface area contributed by atoms with Crippen LogP contribution in [-0.4, -0.2) is 58.2 Å². The Balaban J connectivity index is 1.45. The van der Waals surface area contributed by atoms with Crippen molar-refractivity contribution in [3.05, 3.63) is 82.9 Å². The molecule has 1 aliphatic rings. The summed E-state index contributed by atoms with van der Waals surface area (Å²) in [5, 5.41) is 6.97. The van der Waals surface area contributed by atoms with Crippen LogP contribution >= 0.6 is 0 Å². The molecule has 11 heteroatoms. The SMILES string of the molecule is [2H]C([2H])(NC(=O)c1cc(C(=O)NC([2H])([2H])c2ccc3c(c2)NC(=O)CO3)ncn1)c1ccc(C(=O)N(CC)CC)cc1. The van der Waals surface area contributed by atoms with E-state index in [0.29, 0.717) is 24.4 Å². The van der Waals surface area contributed by atoms with Gasteiger partial charge in [-0.1, -0.05) is 18.2 Å². The molecule has 2 aromatic carbocycles. The van der Waals surface area contributed by atoms with Crippen molar-refractivity contribution in [2.75, 3.05) is 25.0 Å². The maximum absolute atomic E-state index is 12.9. The molecule has 2 heterocycles. The van der Waals surface area contributed by atoms with Crippen LogP contribution in [0.5, 0.6) is 5.75 Å². The highest BCUT2D eigenvalue weighted by atomic mass is 16.5. The molecular formula is C27H28N6O5. The fraction of sp³-hybridized carbons (Fsp3) is 0.259. The summed E-state index contributed by atoms with van der Waals surface area (Å²) >= 11 is 0. The smallest absolute Gasteiger partial charge is 0.270 e. The van der Waals surface area contributed by atoms with Gasteiger partial charge in [0.2, 0.25) is 0 Å². The van der Waals surface area contributed by atoms with Gasteiger partial charge in [-0.2, -0.15) is 0 Å². The average molecular weight is 521 g/mol. The van der Waals surface area contributed by atoms with Crippen LogP contribution in [0.2, 0.25) is 0 Å². The number of carbonyl (C=O) groups excluding carboxylic acids is 4. The minimum Gasteiger partial charge on any atom is -0.482 e. The van der Waals surface area contributed by atoms with Crippen LogP contribution in [0.15, 0.2) is 54.9 Å². The van der Waals surface area contributed by atoms with Crippen LogP contribution in [0.25, 0.3) is 0 Å². The Hall–Kier alpha value is -4.80. The second-order valence-electron chi connectivity index (χ2n) is 8.05. The van der Waals surface area contributed by atoms with E-state index in [4.69, 9.17) is 10.2 Å². The summed E-state index contributed by atoms with van der Waals surface area (Å²) in [4.78, 5) is 59.1. The molecule has 0 aliphatic carbocycles. The van der Waals surface area contributed by atoms with Gasteiger partial charge in [0.1, 0.15) is 23.5 Å². The summed E-state index contributed by atoms with van der Waals surface area (Å²) in [6, 6.07) is 10.9. The molecule has 0 radical (unpaired) electrons. The Labute approximate surface area is 225 Å². The maximum Gasteiger partial charge on any atom is 0.270 e. The molecule has 196 valence electrons. The Kier molecular flexibility index (Phi) is 6.70. The van der Waals surface area contributed by atoms with Crippen molar-refractivity contribution < 1.29 is 29.4 Å². The molecule has 0 fully saturated rings. The third-order valence-corrected chi connectivity index (χ3v) is 5.57. The van der Waals surface area contributed by atoms with Crippen molar-refractivity contribution in [2.24, 2.45) is 0 Å². The number of hydrogen-bond acceptors (Lipinski definition) is 7. The Morgan fingerprint density at radius 1 is 0.947 bits per heavy atom. The second kappa shape index (κ2) is 12.0. The monoisotopic (exact) mass is 520 g/mol. The molecular weight excluding hydrogens is 488 g/mol. The fourth-order valence-electron chi connectivity index (χ4n) is 3.54. The molecule has 4 amide bonds. The molecule has 1 aliphatic heterocycles. The van der Waals surface area contributed by atoms with Gasteiger partial charge in [0.05, 0.1) is 11.2 Å². The minimum absolute atomic E-state index is 0.0189. The predicted octanol–water partition coefficient (Wildman–Crippen LogP) is 2.15. The number of carbonyl (C=O) groups is 4. The lowest BCUT2D eigenvalue weighted by Crippen LogP contribution is -2.30. The van der Waals surface area contributed by atoms with Crippen LogP contribution < -0.4 is 20.7 Å². The van der Waals surface area contributed by atoms with Crippen molar-refractivity contribution in [3.63, 3.8) is 0 Å². The van der Waals surface area contributed by atoms with Gasteiger partial charge in [-0.25, -0.2) is 9.97 Å². The Morgan fingerprint density at radius 2 is 1.55 bits per heavy atom. The predicted molar refractivity (Wildman–Crippen MR) is 139 cm³/mol. The van der Waals surface area contributed by atoms with Crippen LogP contribution in [-0.2, 0) is 17.8 Å². The minimum atomic E-state index is -2.40. The highest BCUT2D eigenvalue weighted by molar-refractivity contribution is 5.97. The van der Waals surface area contributed by atoms with Crippen molar-refractivity contribution in [1.29, 1.82) is 0 Å². The lowest BCUT2D eigenvalue weighted by Gasteiger charge is -2.18. The molecule has 1 aromatic heterocycles. The van der Waals surface area contributed by atoms with Gasteiger partial charge in [-0.3, -0.25) is 19.2 Å². The van der Waals surface area contributed by atoms with Crippen LogP contribution in [0.3, 0.4) is 0 Å². The number of aromatic nitrogens is 2. The van der Waals surface area contributed by atoms with Gasteiger partial charge in [0.25, 0.3) is 23.6 Å². The molecule has 38 heavy (non-hydrogen) atoms. The molecule has 0 bridgehead atoms. The van der Waals surface area contributed by atoms with E-state index in [0.717, 1.165) is 12.4 Å². The zero-order valence-electron chi connectivity index (χ0n) is 24.7. The summed E-state index contributed by atoms with van der Waals surface area (Å²) in [5.74, 6) is -2.16. The number of benzene rings is 2. The van der Waals surface area contributed by atoms with Crippen LogP contribution in [0.4, 0.5) is 5.69 Å². The summed E-state index contributed by atoms with van der Waals surface area (Å²) in [6.07, 6.45) is 0.925. The lowest BCUT2D eigenvalue weighted by atomic mass is 10.1. The normalized spacial score (nSPS) is 14.3. The zero-order valence-corrected chi connectivity index (χ0v) is 20.7. The van der Waals surface area contributed by atoms with E-state index in [1.165, 1.54) is 42.5 Å². The number of nitrogens with zero attached hydrogens (tertiary/aromatic N) is 3. The van der Waals surface area contributed by atoms with Crippen molar-refractivity contribution >= 4 is 29.3 Å². The third-order valence-electron chi connectivity index (χ3n) is 5.57. The Morgan fingerprint density at radius 3 is 2.18 bits per heavy atom. The number of nitrogens with one attached hydrogen (secondary N) is 3. The van der Waals surface area contributed by atoms with E-state index in [9.17, 15) is 19.2 Å². The van der Waals surface area contributed by atoms with E-state index in [2.05, 4.69) is 25.9 Å². The van der Waals surface area contributed by atoms with Gasteiger partial charge in [0, 0.05) is 37.7 Å². The summed E-state index contributed by atoms with van der Waals surface area (Å²) in [6.45, 7) is -0.154. The van der Waals surface area contributed by atoms with Crippen LogP contribution in [0.1, 0.15) is 61.8 Å². The first-order valence-electron chi connectivity index (χ1n) is 13.8. The zero-order chi connectivity index (χ0) is 30.7. The van der Waals surface area contributed by atoms with E-state index >= 15 is 0 Å². The highest BCUT2D eigenvalue weighted by Crippen LogP contribution is 2.28. The topological polar surface area (TPSA) is 143 Å². The highest BCUT2D eigenvalue weighted by Gasteiger charge is 2.17. The van der Waals surface area contributed by atoms with Gasteiger partial charge in [-0.05, 0) is 49.2 Å². The van der Waals surface area contributed by atoms with E-state index in [-0.39, 0.29) is 40.7 Å². The molecule has 0 saturated carbocycles. The van der Waals surface area contributed by atoms with Crippen molar-refractivity contribution in [2.45, 2.75) is 26.8 Å². The molecule has 3 aromatic rings. The first kappa shape index (κ1) is 21.3. The fourth-order valence-corrected chi connectivity index (χ4v) is 3.54. The summed E-state index contributed by atoms with van der Waals surface area (Å²) < 4.78 is 38.6. The standard InChI is InChI=1S/C27H28N6O5/c1-3-33(4-2)27(37)19-8-5-17(6-9-19)13-28-25(35)21-12-22(31-16-30-21)26(36)29-14-18-7-10-23-20(11-18)32-24(34)15-38-23/h5-12,16H,3-4,13-15H2,1-2H3,(H,28,35)(H,29,36)(H,32,34)/i13D2,14D2. The number of amides is 4. The second-order valence-corrected chi connectivity index (χ2v) is 8.05.